The highest BCUT2D eigenvalue weighted by Gasteiger charge is 2.56. The van der Waals surface area contributed by atoms with Gasteiger partial charge in [-0.15, -0.1) is 0 Å². The molecule has 0 unspecified atom stereocenters. The standard InChI is InChI=1S/C28H38O19/c1-11(29)37-9-19-21(39-12(2)30)23(41-14(4)32)25(43-16(6)34)27(46-19)38-10-20-22(40-13(3)31)24(42-15(5)33)26(44-17(7)35)28(47-20)45-18(8)36/h19-28H,9-10H2,1-8H3/t19-,20-,21-,22-,23-,24-,25+,26-,27+,28-/m1/s1. The van der Waals surface area contributed by atoms with Gasteiger partial charge in [-0.3, -0.25) is 38.4 Å². The first-order chi connectivity index (χ1) is 21.9. The summed E-state index contributed by atoms with van der Waals surface area (Å²) in [6.07, 6.45) is -15.6. The maximum absolute atomic E-state index is 12.1. The second-order valence-electron chi connectivity index (χ2n) is 10.3. The first-order valence-electron chi connectivity index (χ1n) is 14.2. The molecule has 0 saturated carbocycles. The van der Waals surface area contributed by atoms with Crippen LogP contribution in [0.3, 0.4) is 0 Å². The number of hydrogen-bond acceptors (Lipinski definition) is 19. The summed E-state index contributed by atoms with van der Waals surface area (Å²) in [7, 11) is 0. The van der Waals surface area contributed by atoms with Crippen molar-refractivity contribution in [1.29, 1.82) is 0 Å². The molecule has 2 fully saturated rings. The van der Waals surface area contributed by atoms with E-state index in [1.54, 1.807) is 0 Å². The van der Waals surface area contributed by atoms with E-state index in [9.17, 15) is 38.4 Å². The van der Waals surface area contributed by atoms with Crippen molar-refractivity contribution in [2.45, 2.75) is 117 Å². The van der Waals surface area contributed by atoms with Crippen LogP contribution >= 0.6 is 0 Å². The lowest BCUT2D eigenvalue weighted by Crippen LogP contribution is -2.65. The molecule has 10 atom stereocenters. The summed E-state index contributed by atoms with van der Waals surface area (Å²) in [6, 6.07) is 0. The lowest BCUT2D eigenvalue weighted by atomic mass is 9.97. The number of carbonyl (C=O) groups is 8. The fourth-order valence-corrected chi connectivity index (χ4v) is 4.76. The van der Waals surface area contributed by atoms with Gasteiger partial charge in [0, 0.05) is 55.4 Å². The van der Waals surface area contributed by atoms with Crippen LogP contribution in [0.25, 0.3) is 0 Å². The molecule has 19 nitrogen and oxygen atoms in total. The number of ether oxygens (including phenoxy) is 11. The molecule has 0 amide bonds. The average molecular weight is 679 g/mol. The molecular formula is C28H38O19. The fourth-order valence-electron chi connectivity index (χ4n) is 4.76. The molecule has 47 heavy (non-hydrogen) atoms. The Morgan fingerprint density at radius 2 is 0.702 bits per heavy atom. The average Bonchev–Trinajstić information content (AvgIpc) is 2.91. The van der Waals surface area contributed by atoms with Crippen molar-refractivity contribution in [2.24, 2.45) is 0 Å². The molecule has 0 aromatic rings. The van der Waals surface area contributed by atoms with Gasteiger partial charge in [0.15, 0.2) is 36.8 Å². The monoisotopic (exact) mass is 678 g/mol. The number of hydrogen-bond donors (Lipinski definition) is 0. The molecule has 0 radical (unpaired) electrons. The molecule has 19 heteroatoms. The van der Waals surface area contributed by atoms with E-state index in [0.717, 1.165) is 55.4 Å². The molecule has 0 bridgehead atoms. The Kier molecular flexibility index (Phi) is 14.5. The highest BCUT2D eigenvalue weighted by Crippen LogP contribution is 2.33. The van der Waals surface area contributed by atoms with Gasteiger partial charge in [-0.25, -0.2) is 0 Å². The van der Waals surface area contributed by atoms with E-state index < -0.39 is 122 Å². The molecule has 0 aromatic heterocycles. The van der Waals surface area contributed by atoms with Gasteiger partial charge in [-0.2, -0.15) is 0 Å². The number of carbonyl (C=O) groups excluding carboxylic acids is 8. The molecule has 0 aliphatic carbocycles. The largest absolute Gasteiger partial charge is 0.463 e. The van der Waals surface area contributed by atoms with Gasteiger partial charge in [0.05, 0.1) is 6.61 Å². The smallest absolute Gasteiger partial charge is 0.305 e. The van der Waals surface area contributed by atoms with Crippen molar-refractivity contribution in [3.05, 3.63) is 0 Å². The van der Waals surface area contributed by atoms with Gasteiger partial charge in [0.25, 0.3) is 0 Å². The van der Waals surface area contributed by atoms with Crippen LogP contribution in [0.1, 0.15) is 55.4 Å². The molecular weight excluding hydrogens is 640 g/mol. The lowest BCUT2D eigenvalue weighted by Gasteiger charge is -2.46. The Morgan fingerprint density at radius 3 is 1.09 bits per heavy atom. The van der Waals surface area contributed by atoms with Crippen molar-refractivity contribution in [1.82, 2.24) is 0 Å². The van der Waals surface area contributed by atoms with Gasteiger partial charge in [0.2, 0.25) is 12.4 Å². The normalized spacial score (nSPS) is 30.0. The highest BCUT2D eigenvalue weighted by atomic mass is 16.8. The Morgan fingerprint density at radius 1 is 0.383 bits per heavy atom. The molecule has 2 aliphatic rings. The summed E-state index contributed by atoms with van der Waals surface area (Å²) in [6.45, 7) is 7.09. The van der Waals surface area contributed by atoms with Crippen molar-refractivity contribution in [2.75, 3.05) is 13.2 Å². The third kappa shape index (κ3) is 12.1. The maximum atomic E-state index is 12.1. The van der Waals surface area contributed by atoms with E-state index in [4.69, 9.17) is 52.1 Å². The van der Waals surface area contributed by atoms with Crippen LogP contribution in [0.15, 0.2) is 0 Å². The minimum atomic E-state index is -1.71. The van der Waals surface area contributed by atoms with Crippen molar-refractivity contribution in [3.8, 4) is 0 Å². The van der Waals surface area contributed by atoms with Crippen molar-refractivity contribution >= 4 is 47.8 Å². The van der Waals surface area contributed by atoms with E-state index >= 15 is 0 Å². The maximum Gasteiger partial charge on any atom is 0.305 e. The van der Waals surface area contributed by atoms with Crippen molar-refractivity contribution < 1.29 is 90.5 Å². The van der Waals surface area contributed by atoms with E-state index in [2.05, 4.69) is 0 Å². The minimum absolute atomic E-state index is 0.541. The lowest BCUT2D eigenvalue weighted by molar-refractivity contribution is -0.331. The minimum Gasteiger partial charge on any atom is -0.463 e. The van der Waals surface area contributed by atoms with Gasteiger partial charge in [0.1, 0.15) is 18.8 Å². The Bertz CT molecular complexity index is 1200. The predicted octanol–water partition coefficient (Wildman–Crippen LogP) is -0.831. The van der Waals surface area contributed by atoms with Crippen LogP contribution < -0.4 is 0 Å². The first-order valence-corrected chi connectivity index (χ1v) is 14.2. The summed E-state index contributed by atoms with van der Waals surface area (Å²) in [5.41, 5.74) is 0. The Balaban J connectivity index is 2.56. The highest BCUT2D eigenvalue weighted by molar-refractivity contribution is 5.70. The van der Waals surface area contributed by atoms with E-state index in [0.29, 0.717) is 0 Å². The topological polar surface area (TPSA) is 238 Å². The molecule has 2 heterocycles. The zero-order chi connectivity index (χ0) is 35.6. The third-order valence-electron chi connectivity index (χ3n) is 6.15. The van der Waals surface area contributed by atoms with E-state index in [-0.39, 0.29) is 0 Å². The van der Waals surface area contributed by atoms with E-state index in [1.807, 2.05) is 0 Å². The second kappa shape index (κ2) is 17.5. The van der Waals surface area contributed by atoms with Gasteiger partial charge >= 0.3 is 47.8 Å². The third-order valence-corrected chi connectivity index (χ3v) is 6.15. The molecule has 2 aliphatic heterocycles. The number of rotatable bonds is 12. The summed E-state index contributed by atoms with van der Waals surface area (Å²) >= 11 is 0. The summed E-state index contributed by atoms with van der Waals surface area (Å²) in [5, 5.41) is 0. The van der Waals surface area contributed by atoms with Crippen LogP contribution in [-0.4, -0.2) is 122 Å². The molecule has 264 valence electrons. The SMILES string of the molecule is CC(=O)OC[C@H]1O[C@H](OC[C@H]2O[C@@H](OC(C)=O)[C@H](OC(C)=O)[C@H](OC(C)=O)[C@@H]2OC(C)=O)[C@@H](OC(C)=O)[C@H](OC(C)=O)[C@@H]1OC(C)=O. The Hall–Kier alpha value is -4.36. The van der Waals surface area contributed by atoms with Crippen LogP contribution in [0, 0.1) is 0 Å². The molecule has 0 aromatic carbocycles. The molecule has 0 N–H and O–H groups in total. The van der Waals surface area contributed by atoms with Crippen LogP contribution in [-0.2, 0) is 90.5 Å². The van der Waals surface area contributed by atoms with E-state index in [1.165, 1.54) is 0 Å². The fraction of sp³-hybridized carbons (Fsp3) is 0.714. The van der Waals surface area contributed by atoms with Crippen molar-refractivity contribution in [3.63, 3.8) is 0 Å². The summed E-state index contributed by atoms with van der Waals surface area (Å²) < 4.78 is 59.8. The first kappa shape index (κ1) is 38.8. The van der Waals surface area contributed by atoms with Gasteiger partial charge < -0.3 is 52.1 Å². The summed E-state index contributed by atoms with van der Waals surface area (Å²) in [4.78, 5) is 95.9. The van der Waals surface area contributed by atoms with Gasteiger partial charge in [-0.1, -0.05) is 0 Å². The number of esters is 8. The quantitative estimate of drug-likeness (QED) is 0.181. The second-order valence-corrected chi connectivity index (χ2v) is 10.3. The Labute approximate surface area is 268 Å². The van der Waals surface area contributed by atoms with Crippen LogP contribution in [0.2, 0.25) is 0 Å². The molecule has 2 saturated heterocycles. The predicted molar refractivity (Wildman–Crippen MR) is 145 cm³/mol. The summed E-state index contributed by atoms with van der Waals surface area (Å²) in [5.74, 6) is -6.93. The zero-order valence-corrected chi connectivity index (χ0v) is 26.9. The van der Waals surface area contributed by atoms with Gasteiger partial charge in [-0.05, 0) is 0 Å². The zero-order valence-electron chi connectivity index (χ0n) is 26.9. The van der Waals surface area contributed by atoms with Crippen LogP contribution in [0.5, 0.6) is 0 Å². The van der Waals surface area contributed by atoms with Crippen LogP contribution in [0.4, 0.5) is 0 Å². The molecule has 0 spiro atoms. The molecule has 2 rings (SSSR count).